The molecule has 0 spiro atoms. The highest BCUT2D eigenvalue weighted by atomic mass is 19.1. The Hall–Kier alpha value is -1.98. The molecule has 0 bridgehead atoms. The van der Waals surface area contributed by atoms with Gasteiger partial charge in [-0.25, -0.2) is 8.78 Å². The summed E-state index contributed by atoms with van der Waals surface area (Å²) in [6.45, 7) is -0.202. The van der Waals surface area contributed by atoms with Crippen LogP contribution in [0.4, 0.5) is 14.5 Å². The predicted molar refractivity (Wildman–Crippen MR) is 59.1 cm³/mol. The molecule has 1 fully saturated rings. The van der Waals surface area contributed by atoms with Crippen LogP contribution < -0.4 is 4.90 Å². The van der Waals surface area contributed by atoms with E-state index in [0.717, 1.165) is 17.0 Å². The fourth-order valence-electron chi connectivity index (χ4n) is 2.01. The van der Waals surface area contributed by atoms with E-state index in [1.165, 1.54) is 6.07 Å². The average Bonchev–Trinajstić information content (AvgIpc) is 2.30. The third kappa shape index (κ3) is 2.18. The lowest BCUT2D eigenvalue weighted by Gasteiger charge is -2.30. The van der Waals surface area contributed by atoms with Crippen molar-refractivity contribution in [2.24, 2.45) is 5.92 Å². The lowest BCUT2D eigenvalue weighted by Crippen LogP contribution is -2.43. The molecule has 6 heteroatoms. The number of carbonyl (C=O) groups is 2. The summed E-state index contributed by atoms with van der Waals surface area (Å²) in [5.41, 5.74) is -0.464. The number of amides is 1. The second kappa shape index (κ2) is 4.72. The number of anilines is 1. The van der Waals surface area contributed by atoms with Gasteiger partial charge in [0.25, 0.3) is 0 Å². The highest BCUT2D eigenvalue weighted by Crippen LogP contribution is 2.28. The van der Waals surface area contributed by atoms with Crippen molar-refractivity contribution in [3.63, 3.8) is 0 Å². The molecular weight excluding hydrogens is 244 g/mol. The molecule has 1 aromatic carbocycles. The van der Waals surface area contributed by atoms with Crippen LogP contribution in [0.2, 0.25) is 0 Å². The largest absolute Gasteiger partial charge is 0.481 e. The van der Waals surface area contributed by atoms with Crippen LogP contribution in [0, 0.1) is 17.6 Å². The van der Waals surface area contributed by atoms with E-state index in [0.29, 0.717) is 0 Å². The van der Waals surface area contributed by atoms with Crippen LogP contribution in [-0.4, -0.2) is 23.5 Å². The number of aliphatic carboxylic acids is 1. The standard InChI is InChI=1S/C12H11F2NO3/c13-8-2-1-3-9(14)11(8)15-6-7(12(17)18)4-5-10(15)16/h1-3,7H,4-6H2,(H,17,18). The molecule has 1 amide bonds. The van der Waals surface area contributed by atoms with Gasteiger partial charge in [-0.05, 0) is 18.6 Å². The highest BCUT2D eigenvalue weighted by molar-refractivity contribution is 5.95. The molecular formula is C12H11F2NO3. The summed E-state index contributed by atoms with van der Waals surface area (Å²) in [6, 6.07) is 3.27. The van der Waals surface area contributed by atoms with Crippen molar-refractivity contribution in [2.45, 2.75) is 12.8 Å². The molecule has 0 radical (unpaired) electrons. The van der Waals surface area contributed by atoms with Gasteiger partial charge < -0.3 is 10.0 Å². The Morgan fingerprint density at radius 1 is 1.33 bits per heavy atom. The highest BCUT2D eigenvalue weighted by Gasteiger charge is 2.33. The fourth-order valence-corrected chi connectivity index (χ4v) is 2.01. The first kappa shape index (κ1) is 12.5. The number of rotatable bonds is 2. The Morgan fingerprint density at radius 2 is 1.94 bits per heavy atom. The lowest BCUT2D eigenvalue weighted by atomic mass is 9.97. The second-order valence-electron chi connectivity index (χ2n) is 4.15. The number of carboxylic acids is 1. The summed E-state index contributed by atoms with van der Waals surface area (Å²) in [6.07, 6.45) is 0.172. The summed E-state index contributed by atoms with van der Waals surface area (Å²) in [7, 11) is 0. The molecule has 1 aromatic rings. The zero-order chi connectivity index (χ0) is 13.3. The van der Waals surface area contributed by atoms with Crippen LogP contribution in [0.1, 0.15) is 12.8 Å². The number of para-hydroxylation sites is 1. The van der Waals surface area contributed by atoms with Gasteiger partial charge in [0.15, 0.2) is 0 Å². The average molecular weight is 255 g/mol. The molecule has 2 rings (SSSR count). The molecule has 0 saturated carbocycles. The summed E-state index contributed by atoms with van der Waals surface area (Å²) in [5, 5.41) is 8.90. The third-order valence-electron chi connectivity index (χ3n) is 2.97. The second-order valence-corrected chi connectivity index (χ2v) is 4.15. The first-order valence-electron chi connectivity index (χ1n) is 5.48. The normalized spacial score (nSPS) is 20.0. The van der Waals surface area contributed by atoms with E-state index in [1.54, 1.807) is 0 Å². The van der Waals surface area contributed by atoms with Gasteiger partial charge in [0.2, 0.25) is 5.91 Å². The van der Waals surface area contributed by atoms with E-state index in [9.17, 15) is 18.4 Å². The molecule has 1 heterocycles. The zero-order valence-corrected chi connectivity index (χ0v) is 9.40. The Kier molecular flexibility index (Phi) is 3.27. The van der Waals surface area contributed by atoms with Crippen molar-refractivity contribution < 1.29 is 23.5 Å². The van der Waals surface area contributed by atoms with E-state index in [1.807, 2.05) is 0 Å². The van der Waals surface area contributed by atoms with Crippen molar-refractivity contribution in [1.29, 1.82) is 0 Å². The van der Waals surface area contributed by atoms with Crippen LogP contribution in [0.15, 0.2) is 18.2 Å². The predicted octanol–water partition coefficient (Wildman–Crippen LogP) is 1.79. The molecule has 1 N–H and O–H groups in total. The number of hydrogen-bond acceptors (Lipinski definition) is 2. The van der Waals surface area contributed by atoms with E-state index in [4.69, 9.17) is 5.11 Å². The number of hydrogen-bond donors (Lipinski definition) is 1. The summed E-state index contributed by atoms with van der Waals surface area (Å²) < 4.78 is 27.1. The van der Waals surface area contributed by atoms with Crippen molar-refractivity contribution in [2.75, 3.05) is 11.4 Å². The topological polar surface area (TPSA) is 57.6 Å². The van der Waals surface area contributed by atoms with Gasteiger partial charge in [-0.3, -0.25) is 9.59 Å². The Labute approximate surface area is 102 Å². The maximum atomic E-state index is 13.6. The van der Waals surface area contributed by atoms with Gasteiger partial charge in [-0.2, -0.15) is 0 Å². The van der Waals surface area contributed by atoms with Crippen molar-refractivity contribution in [3.05, 3.63) is 29.8 Å². The van der Waals surface area contributed by atoms with Gasteiger partial charge in [0.1, 0.15) is 17.3 Å². The molecule has 18 heavy (non-hydrogen) atoms. The molecule has 96 valence electrons. The fraction of sp³-hybridized carbons (Fsp3) is 0.333. The minimum atomic E-state index is -1.07. The van der Waals surface area contributed by atoms with Crippen LogP contribution in [-0.2, 0) is 9.59 Å². The molecule has 0 aliphatic carbocycles. The van der Waals surface area contributed by atoms with Gasteiger partial charge in [-0.15, -0.1) is 0 Å². The van der Waals surface area contributed by atoms with E-state index >= 15 is 0 Å². The number of benzene rings is 1. The number of halogens is 2. The Bertz CT molecular complexity index is 484. The monoisotopic (exact) mass is 255 g/mol. The Balaban J connectivity index is 2.36. The van der Waals surface area contributed by atoms with Gasteiger partial charge in [-0.1, -0.05) is 6.07 Å². The minimum Gasteiger partial charge on any atom is -0.481 e. The minimum absolute atomic E-state index is 0.0231. The summed E-state index contributed by atoms with van der Waals surface area (Å²) >= 11 is 0. The number of piperidine rings is 1. The van der Waals surface area contributed by atoms with Crippen LogP contribution in [0.25, 0.3) is 0 Å². The van der Waals surface area contributed by atoms with E-state index < -0.39 is 35.1 Å². The summed E-state index contributed by atoms with van der Waals surface area (Å²) in [4.78, 5) is 23.4. The SMILES string of the molecule is O=C(O)C1CCC(=O)N(c2c(F)cccc2F)C1. The molecule has 1 aliphatic heterocycles. The van der Waals surface area contributed by atoms with Gasteiger partial charge in [0, 0.05) is 13.0 Å². The summed E-state index contributed by atoms with van der Waals surface area (Å²) in [5.74, 6) is -4.05. The molecule has 1 saturated heterocycles. The first-order valence-corrected chi connectivity index (χ1v) is 5.48. The first-order chi connectivity index (χ1) is 8.50. The van der Waals surface area contributed by atoms with Crippen molar-refractivity contribution in [1.82, 2.24) is 0 Å². The van der Waals surface area contributed by atoms with E-state index in [-0.39, 0.29) is 19.4 Å². The van der Waals surface area contributed by atoms with Crippen LogP contribution in [0.3, 0.4) is 0 Å². The van der Waals surface area contributed by atoms with Crippen molar-refractivity contribution in [3.8, 4) is 0 Å². The number of carbonyl (C=O) groups excluding carboxylic acids is 1. The smallest absolute Gasteiger partial charge is 0.308 e. The van der Waals surface area contributed by atoms with Crippen molar-refractivity contribution >= 4 is 17.6 Å². The quantitative estimate of drug-likeness (QED) is 0.876. The zero-order valence-electron chi connectivity index (χ0n) is 9.40. The number of nitrogens with zero attached hydrogens (tertiary/aromatic N) is 1. The Morgan fingerprint density at radius 3 is 2.50 bits per heavy atom. The third-order valence-corrected chi connectivity index (χ3v) is 2.97. The molecule has 1 aliphatic rings. The molecule has 0 aromatic heterocycles. The van der Waals surface area contributed by atoms with Crippen LogP contribution >= 0.6 is 0 Å². The number of carboxylic acid groups (broad SMARTS) is 1. The molecule has 1 unspecified atom stereocenters. The van der Waals surface area contributed by atoms with Crippen LogP contribution in [0.5, 0.6) is 0 Å². The van der Waals surface area contributed by atoms with E-state index in [2.05, 4.69) is 0 Å². The van der Waals surface area contributed by atoms with Gasteiger partial charge >= 0.3 is 5.97 Å². The maximum Gasteiger partial charge on any atom is 0.308 e. The maximum absolute atomic E-state index is 13.6. The molecule has 1 atom stereocenters. The lowest BCUT2D eigenvalue weighted by molar-refractivity contribution is -0.142. The molecule has 4 nitrogen and oxygen atoms in total. The van der Waals surface area contributed by atoms with Gasteiger partial charge in [0.05, 0.1) is 5.92 Å².